The number of carbonyl (C=O) groups is 2. The third-order valence-corrected chi connectivity index (χ3v) is 5.58. The van der Waals surface area contributed by atoms with Gasteiger partial charge in [-0.2, -0.15) is 0 Å². The zero-order valence-electron chi connectivity index (χ0n) is 18.2. The highest BCUT2D eigenvalue weighted by atomic mass is 16.5. The van der Waals surface area contributed by atoms with Crippen molar-refractivity contribution in [1.82, 2.24) is 4.98 Å². The number of carbonyl (C=O) groups excluding carboxylic acids is 2. The Hall–Kier alpha value is -2.96. The molecular weight excluding hydrogens is 386 g/mol. The van der Waals surface area contributed by atoms with Crippen LogP contribution in [0.5, 0.6) is 17.2 Å². The zero-order valence-corrected chi connectivity index (χ0v) is 18.2. The minimum Gasteiger partial charge on any atom is -0.493 e. The second kappa shape index (κ2) is 9.24. The molecule has 7 nitrogen and oxygen atoms in total. The van der Waals surface area contributed by atoms with Crippen LogP contribution in [0.2, 0.25) is 0 Å². The molecule has 0 spiro atoms. The largest absolute Gasteiger partial charge is 0.493 e. The van der Waals surface area contributed by atoms with Crippen LogP contribution in [0.3, 0.4) is 0 Å². The van der Waals surface area contributed by atoms with E-state index in [0.29, 0.717) is 53.5 Å². The van der Waals surface area contributed by atoms with Crippen molar-refractivity contribution in [2.24, 2.45) is 0 Å². The highest BCUT2D eigenvalue weighted by Gasteiger charge is 2.33. The molecule has 1 aliphatic rings. The summed E-state index contributed by atoms with van der Waals surface area (Å²) >= 11 is 0. The normalized spacial score (nSPS) is 15.5. The van der Waals surface area contributed by atoms with Crippen molar-refractivity contribution in [1.29, 1.82) is 0 Å². The van der Waals surface area contributed by atoms with E-state index < -0.39 is 5.97 Å². The van der Waals surface area contributed by atoms with Gasteiger partial charge < -0.3 is 23.9 Å². The molecule has 1 N–H and O–H groups in total. The second-order valence-electron chi connectivity index (χ2n) is 7.46. The topological polar surface area (TPSA) is 86.9 Å². The van der Waals surface area contributed by atoms with Crippen LogP contribution < -0.4 is 14.2 Å². The van der Waals surface area contributed by atoms with Crippen molar-refractivity contribution in [3.63, 3.8) is 0 Å². The number of hydrogen-bond acceptors (Lipinski definition) is 6. The fourth-order valence-corrected chi connectivity index (χ4v) is 3.99. The average molecular weight is 415 g/mol. The summed E-state index contributed by atoms with van der Waals surface area (Å²) in [6.45, 7) is 4.21. The third-order valence-electron chi connectivity index (χ3n) is 5.58. The molecule has 1 aromatic heterocycles. The number of unbranched alkanes of at least 4 members (excludes halogenated alkanes) is 1. The van der Waals surface area contributed by atoms with E-state index in [1.165, 1.54) is 0 Å². The van der Waals surface area contributed by atoms with Gasteiger partial charge in [-0.1, -0.05) is 13.3 Å². The Balaban J connectivity index is 1.92. The van der Waals surface area contributed by atoms with Gasteiger partial charge in [-0.05, 0) is 48.9 Å². The number of ether oxygens (including phenoxy) is 4. The molecule has 0 radical (unpaired) electrons. The van der Waals surface area contributed by atoms with E-state index in [4.69, 9.17) is 18.9 Å². The molecule has 3 rings (SSSR count). The number of ketones is 1. The average Bonchev–Trinajstić information content (AvgIpc) is 3.09. The molecule has 162 valence electrons. The molecule has 7 heteroatoms. The summed E-state index contributed by atoms with van der Waals surface area (Å²) < 4.78 is 21.6. The van der Waals surface area contributed by atoms with Gasteiger partial charge in [0.25, 0.3) is 0 Å². The number of aromatic nitrogens is 1. The number of benzene rings is 1. The molecule has 0 saturated heterocycles. The molecule has 0 aliphatic heterocycles. The summed E-state index contributed by atoms with van der Waals surface area (Å²) in [5.74, 6) is 1.14. The first-order valence-corrected chi connectivity index (χ1v) is 10.2. The van der Waals surface area contributed by atoms with Crippen molar-refractivity contribution in [3.05, 3.63) is 40.2 Å². The maximum Gasteiger partial charge on any atom is 0.355 e. The molecule has 0 unspecified atom stereocenters. The quantitative estimate of drug-likeness (QED) is 0.513. The number of aromatic amines is 1. The van der Waals surface area contributed by atoms with E-state index >= 15 is 0 Å². The Labute approximate surface area is 176 Å². The van der Waals surface area contributed by atoms with Crippen LogP contribution in [0.15, 0.2) is 12.1 Å². The lowest BCUT2D eigenvalue weighted by Crippen LogP contribution is -2.19. The van der Waals surface area contributed by atoms with Crippen molar-refractivity contribution >= 4 is 11.8 Å². The number of hydrogen-bond donors (Lipinski definition) is 1. The number of Topliss-reactive ketones (excluding diaryl/α,β-unsaturated/α-hetero) is 1. The van der Waals surface area contributed by atoms with Gasteiger partial charge in [0, 0.05) is 17.7 Å². The van der Waals surface area contributed by atoms with E-state index in [1.54, 1.807) is 28.3 Å². The Morgan fingerprint density at radius 3 is 2.33 bits per heavy atom. The predicted molar refractivity (Wildman–Crippen MR) is 112 cm³/mol. The van der Waals surface area contributed by atoms with E-state index in [1.807, 2.05) is 19.1 Å². The summed E-state index contributed by atoms with van der Waals surface area (Å²) in [4.78, 5) is 28.6. The summed E-state index contributed by atoms with van der Waals surface area (Å²) in [7, 11) is 4.69. The van der Waals surface area contributed by atoms with Crippen LogP contribution in [0.4, 0.5) is 0 Å². The highest BCUT2D eigenvalue weighted by molar-refractivity contribution is 6.03. The number of rotatable bonds is 8. The Kier molecular flexibility index (Phi) is 6.70. The van der Waals surface area contributed by atoms with E-state index in [2.05, 4.69) is 4.98 Å². The first-order valence-electron chi connectivity index (χ1n) is 10.2. The number of methoxy groups -OCH3 is 3. The van der Waals surface area contributed by atoms with Gasteiger partial charge in [0.15, 0.2) is 17.3 Å². The van der Waals surface area contributed by atoms with Crippen LogP contribution in [-0.2, 0) is 11.2 Å². The summed E-state index contributed by atoms with van der Waals surface area (Å²) in [5, 5.41) is 0. The first-order chi connectivity index (χ1) is 14.4. The SMILES string of the molecule is CCCCOC(=O)c1[nH]c2c(c1C)C(=O)C[C@H](c1cc(OC)c(OC)c(OC)c1)C2. The van der Waals surface area contributed by atoms with Crippen LogP contribution in [0.1, 0.15) is 69.8 Å². The molecule has 30 heavy (non-hydrogen) atoms. The van der Waals surface area contributed by atoms with Gasteiger partial charge >= 0.3 is 5.97 Å². The molecule has 0 fully saturated rings. The van der Waals surface area contributed by atoms with Gasteiger partial charge in [0.1, 0.15) is 5.69 Å². The molecule has 1 aliphatic carbocycles. The molecule has 0 bridgehead atoms. The molecule has 0 saturated carbocycles. The zero-order chi connectivity index (χ0) is 21.8. The van der Waals surface area contributed by atoms with Crippen LogP contribution in [0, 0.1) is 6.92 Å². The smallest absolute Gasteiger partial charge is 0.355 e. The summed E-state index contributed by atoms with van der Waals surface area (Å²) in [5.41, 5.74) is 3.34. The van der Waals surface area contributed by atoms with Crippen molar-refractivity contribution in [2.45, 2.75) is 45.4 Å². The third kappa shape index (κ3) is 4.01. The fourth-order valence-electron chi connectivity index (χ4n) is 3.99. The van der Waals surface area contributed by atoms with Crippen LogP contribution in [0.25, 0.3) is 0 Å². The molecule has 1 atom stereocenters. The van der Waals surface area contributed by atoms with Gasteiger partial charge in [-0.25, -0.2) is 4.79 Å². The molecule has 0 amide bonds. The lowest BCUT2D eigenvalue weighted by atomic mass is 9.81. The van der Waals surface area contributed by atoms with Gasteiger partial charge in [-0.15, -0.1) is 0 Å². The number of esters is 1. The van der Waals surface area contributed by atoms with Crippen molar-refractivity contribution < 1.29 is 28.5 Å². The summed E-state index contributed by atoms with van der Waals surface area (Å²) in [6, 6.07) is 3.75. The molecule has 1 aromatic carbocycles. The fraction of sp³-hybridized carbons (Fsp3) is 0.478. The first kappa shape index (κ1) is 21.7. The lowest BCUT2D eigenvalue weighted by Gasteiger charge is -2.24. The lowest BCUT2D eigenvalue weighted by molar-refractivity contribution is 0.0492. The standard InChI is InChI=1S/C23H29NO6/c1-6-7-8-30-23(26)21-13(2)20-16(24-21)9-14(10-17(20)25)15-11-18(27-3)22(29-5)19(12-15)28-4/h11-12,14,24H,6-10H2,1-5H3/t14-/m1/s1. The Morgan fingerprint density at radius 2 is 1.77 bits per heavy atom. The number of fused-ring (bicyclic) bond motifs is 1. The van der Waals surface area contributed by atoms with Crippen molar-refractivity contribution in [2.75, 3.05) is 27.9 Å². The predicted octanol–water partition coefficient (Wildman–Crippen LogP) is 4.22. The van der Waals surface area contributed by atoms with Crippen LogP contribution >= 0.6 is 0 Å². The van der Waals surface area contributed by atoms with E-state index in [9.17, 15) is 9.59 Å². The number of nitrogens with one attached hydrogen (secondary N) is 1. The molecular formula is C23H29NO6. The highest BCUT2D eigenvalue weighted by Crippen LogP contribution is 2.43. The minimum atomic E-state index is -0.410. The monoisotopic (exact) mass is 415 g/mol. The Bertz CT molecular complexity index is 920. The maximum atomic E-state index is 13.0. The van der Waals surface area contributed by atoms with Crippen LogP contribution in [-0.4, -0.2) is 44.7 Å². The minimum absolute atomic E-state index is 0.0105. The van der Waals surface area contributed by atoms with Gasteiger partial charge in [-0.3, -0.25) is 4.79 Å². The van der Waals surface area contributed by atoms with Gasteiger partial charge in [0.2, 0.25) is 5.75 Å². The molecule has 1 heterocycles. The second-order valence-corrected chi connectivity index (χ2v) is 7.46. The van der Waals surface area contributed by atoms with Crippen molar-refractivity contribution in [3.8, 4) is 17.2 Å². The van der Waals surface area contributed by atoms with E-state index in [0.717, 1.165) is 24.1 Å². The summed E-state index contributed by atoms with van der Waals surface area (Å²) in [6.07, 6.45) is 2.70. The van der Waals surface area contributed by atoms with E-state index in [-0.39, 0.29) is 11.7 Å². The molecule has 2 aromatic rings. The Morgan fingerprint density at radius 1 is 1.10 bits per heavy atom. The maximum absolute atomic E-state index is 13.0. The number of H-pyrrole nitrogens is 1. The van der Waals surface area contributed by atoms with Gasteiger partial charge in [0.05, 0.1) is 27.9 Å².